The number of aromatic nitrogens is 2. The second-order valence-corrected chi connectivity index (χ2v) is 7.72. The number of likely N-dealkylation sites (tertiary alicyclic amines) is 1. The molecule has 6 nitrogen and oxygen atoms in total. The van der Waals surface area contributed by atoms with Crippen molar-refractivity contribution < 1.29 is 9.32 Å². The van der Waals surface area contributed by atoms with Gasteiger partial charge in [-0.25, -0.2) is 4.79 Å². The monoisotopic (exact) mass is 390 g/mol. The van der Waals surface area contributed by atoms with Crippen molar-refractivity contribution in [3.05, 3.63) is 65.0 Å². The molecule has 1 saturated heterocycles. The Bertz CT molecular complexity index is 990. The Balaban J connectivity index is 1.56. The number of carbonyl (C=O) groups is 1. The molecule has 1 aliphatic heterocycles. The van der Waals surface area contributed by atoms with Gasteiger partial charge in [0.25, 0.3) is 0 Å². The van der Waals surface area contributed by atoms with Crippen molar-refractivity contribution in [1.82, 2.24) is 15.0 Å². The second kappa shape index (κ2) is 8.07. The molecular weight excluding hydrogens is 364 g/mol. The van der Waals surface area contributed by atoms with Crippen molar-refractivity contribution in [1.29, 1.82) is 0 Å². The summed E-state index contributed by atoms with van der Waals surface area (Å²) in [6.07, 6.45) is 2.81. The number of nitrogens with one attached hydrogen (secondary N) is 1. The summed E-state index contributed by atoms with van der Waals surface area (Å²) >= 11 is 0. The summed E-state index contributed by atoms with van der Waals surface area (Å²) in [5.41, 5.74) is 5.05. The molecule has 29 heavy (non-hydrogen) atoms. The van der Waals surface area contributed by atoms with Gasteiger partial charge in [-0.15, -0.1) is 0 Å². The molecule has 1 unspecified atom stereocenters. The summed E-state index contributed by atoms with van der Waals surface area (Å²) < 4.78 is 5.58. The fourth-order valence-electron chi connectivity index (χ4n) is 3.81. The molecule has 150 valence electrons. The summed E-state index contributed by atoms with van der Waals surface area (Å²) in [7, 11) is 0. The van der Waals surface area contributed by atoms with E-state index in [1.165, 1.54) is 5.56 Å². The molecule has 2 heterocycles. The normalized spacial score (nSPS) is 16.7. The van der Waals surface area contributed by atoms with Crippen LogP contribution in [0.15, 0.2) is 47.0 Å². The molecule has 1 aliphatic rings. The molecule has 1 aromatic heterocycles. The van der Waals surface area contributed by atoms with Gasteiger partial charge in [0, 0.05) is 17.8 Å². The van der Waals surface area contributed by atoms with Crippen molar-refractivity contribution in [3.8, 4) is 11.4 Å². The number of carbonyl (C=O) groups excluding carboxylic acids is 1. The van der Waals surface area contributed by atoms with Crippen molar-refractivity contribution in [2.75, 3.05) is 11.9 Å². The number of hydrogen-bond acceptors (Lipinski definition) is 4. The summed E-state index contributed by atoms with van der Waals surface area (Å²) in [6.45, 7) is 6.72. The summed E-state index contributed by atoms with van der Waals surface area (Å²) in [5, 5.41) is 7.24. The van der Waals surface area contributed by atoms with Gasteiger partial charge in [-0.2, -0.15) is 4.98 Å². The first kappa shape index (κ1) is 19.2. The SMILES string of the molecule is Cc1ccc(-c2noc(C3CCCCN3C(=O)Nc3c(C)cccc3C)n2)cc1. The van der Waals surface area contributed by atoms with Gasteiger partial charge in [0.2, 0.25) is 11.7 Å². The van der Waals surface area contributed by atoms with Crippen LogP contribution in [0.1, 0.15) is 47.9 Å². The molecule has 1 fully saturated rings. The van der Waals surface area contributed by atoms with Gasteiger partial charge < -0.3 is 14.7 Å². The highest BCUT2D eigenvalue weighted by molar-refractivity contribution is 5.91. The van der Waals surface area contributed by atoms with Gasteiger partial charge in [-0.1, -0.05) is 53.2 Å². The third kappa shape index (κ3) is 4.01. The van der Waals surface area contributed by atoms with Crippen LogP contribution < -0.4 is 5.32 Å². The lowest BCUT2D eigenvalue weighted by Crippen LogP contribution is -2.41. The van der Waals surface area contributed by atoms with E-state index in [1.54, 1.807) is 0 Å². The Labute approximate surface area is 170 Å². The summed E-state index contributed by atoms with van der Waals surface area (Å²) in [6, 6.07) is 13.7. The van der Waals surface area contributed by atoms with E-state index in [2.05, 4.69) is 15.5 Å². The van der Waals surface area contributed by atoms with Gasteiger partial charge in [0.05, 0.1) is 0 Å². The van der Waals surface area contributed by atoms with Crippen LogP contribution in [-0.2, 0) is 0 Å². The van der Waals surface area contributed by atoms with Crippen LogP contribution >= 0.6 is 0 Å². The molecule has 0 spiro atoms. The van der Waals surface area contributed by atoms with Gasteiger partial charge in [-0.3, -0.25) is 0 Å². The lowest BCUT2D eigenvalue weighted by atomic mass is 10.0. The van der Waals surface area contributed by atoms with E-state index in [-0.39, 0.29) is 12.1 Å². The van der Waals surface area contributed by atoms with Gasteiger partial charge in [0.1, 0.15) is 6.04 Å². The van der Waals surface area contributed by atoms with Crippen molar-refractivity contribution in [2.24, 2.45) is 0 Å². The maximum absolute atomic E-state index is 13.1. The molecule has 2 amide bonds. The van der Waals surface area contributed by atoms with Gasteiger partial charge >= 0.3 is 6.03 Å². The Morgan fingerprint density at radius 3 is 2.52 bits per heavy atom. The minimum Gasteiger partial charge on any atom is -0.337 e. The minimum atomic E-state index is -0.209. The third-order valence-electron chi connectivity index (χ3n) is 5.51. The number of para-hydroxylation sites is 1. The zero-order valence-corrected chi connectivity index (χ0v) is 17.1. The van der Waals surface area contributed by atoms with E-state index in [0.717, 1.165) is 41.6 Å². The predicted octanol–water partition coefficient (Wildman–Crippen LogP) is 5.42. The average Bonchev–Trinajstić information content (AvgIpc) is 3.21. The van der Waals surface area contributed by atoms with Crippen LogP contribution in [0.25, 0.3) is 11.4 Å². The van der Waals surface area contributed by atoms with Crippen LogP contribution in [0, 0.1) is 20.8 Å². The number of amides is 2. The average molecular weight is 390 g/mol. The number of anilines is 1. The van der Waals surface area contributed by atoms with Crippen LogP contribution in [-0.4, -0.2) is 27.6 Å². The quantitative estimate of drug-likeness (QED) is 0.648. The first-order valence-corrected chi connectivity index (χ1v) is 10.1. The molecule has 2 aromatic carbocycles. The molecule has 4 rings (SSSR count). The smallest absolute Gasteiger partial charge is 0.322 e. The molecule has 1 atom stereocenters. The van der Waals surface area contributed by atoms with Gasteiger partial charge in [0.15, 0.2) is 0 Å². The molecule has 1 N–H and O–H groups in total. The van der Waals surface area contributed by atoms with E-state index in [4.69, 9.17) is 4.52 Å². The van der Waals surface area contributed by atoms with E-state index >= 15 is 0 Å². The van der Waals surface area contributed by atoms with E-state index in [0.29, 0.717) is 18.3 Å². The maximum atomic E-state index is 13.1. The van der Waals surface area contributed by atoms with Gasteiger partial charge in [-0.05, 0) is 51.2 Å². The number of aryl methyl sites for hydroxylation is 3. The minimum absolute atomic E-state index is 0.123. The lowest BCUT2D eigenvalue weighted by Gasteiger charge is -2.33. The van der Waals surface area contributed by atoms with Crippen molar-refractivity contribution in [3.63, 3.8) is 0 Å². The Morgan fingerprint density at radius 2 is 1.79 bits per heavy atom. The van der Waals surface area contributed by atoms with Crippen LogP contribution in [0.4, 0.5) is 10.5 Å². The largest absolute Gasteiger partial charge is 0.337 e. The molecule has 0 radical (unpaired) electrons. The topological polar surface area (TPSA) is 71.3 Å². The Morgan fingerprint density at radius 1 is 1.07 bits per heavy atom. The van der Waals surface area contributed by atoms with Crippen molar-refractivity contribution >= 4 is 11.7 Å². The Hall–Kier alpha value is -3.15. The van der Waals surface area contributed by atoms with E-state index in [9.17, 15) is 4.79 Å². The fraction of sp³-hybridized carbons (Fsp3) is 0.348. The summed E-state index contributed by atoms with van der Waals surface area (Å²) in [4.78, 5) is 19.5. The maximum Gasteiger partial charge on any atom is 0.322 e. The number of urea groups is 1. The number of benzene rings is 2. The highest BCUT2D eigenvalue weighted by Crippen LogP contribution is 2.32. The van der Waals surface area contributed by atoms with Crippen LogP contribution in [0.3, 0.4) is 0 Å². The highest BCUT2D eigenvalue weighted by atomic mass is 16.5. The second-order valence-electron chi connectivity index (χ2n) is 7.72. The lowest BCUT2D eigenvalue weighted by molar-refractivity contribution is 0.142. The Kier molecular flexibility index (Phi) is 5.34. The molecule has 3 aromatic rings. The molecular formula is C23H26N4O2. The molecule has 0 saturated carbocycles. The molecule has 6 heteroatoms. The highest BCUT2D eigenvalue weighted by Gasteiger charge is 2.32. The number of nitrogens with zero attached hydrogens (tertiary/aromatic N) is 3. The standard InChI is InChI=1S/C23H26N4O2/c1-15-10-12-18(13-11-15)21-25-22(29-26-21)19-9-4-5-14-27(19)23(28)24-20-16(2)7-6-8-17(20)3/h6-8,10-13,19H,4-5,9,14H2,1-3H3,(H,24,28). The number of hydrogen-bond donors (Lipinski definition) is 1. The molecule has 0 bridgehead atoms. The van der Waals surface area contributed by atoms with Crippen LogP contribution in [0.2, 0.25) is 0 Å². The summed E-state index contributed by atoms with van der Waals surface area (Å²) in [5.74, 6) is 1.05. The van der Waals surface area contributed by atoms with E-state index < -0.39 is 0 Å². The fourth-order valence-corrected chi connectivity index (χ4v) is 3.81. The number of piperidine rings is 1. The zero-order chi connectivity index (χ0) is 20.4. The zero-order valence-electron chi connectivity index (χ0n) is 17.1. The molecule has 0 aliphatic carbocycles. The first-order valence-electron chi connectivity index (χ1n) is 10.1. The predicted molar refractivity (Wildman–Crippen MR) is 113 cm³/mol. The first-order chi connectivity index (χ1) is 14.0. The third-order valence-corrected chi connectivity index (χ3v) is 5.51. The van der Waals surface area contributed by atoms with E-state index in [1.807, 2.05) is 68.1 Å². The number of rotatable bonds is 3. The van der Waals surface area contributed by atoms with Crippen molar-refractivity contribution in [2.45, 2.75) is 46.1 Å². The van der Waals surface area contributed by atoms with Crippen LogP contribution in [0.5, 0.6) is 0 Å².